The summed E-state index contributed by atoms with van der Waals surface area (Å²) in [7, 11) is 0. The molecule has 0 saturated carbocycles. The summed E-state index contributed by atoms with van der Waals surface area (Å²) in [6.07, 6.45) is 5.23. The highest BCUT2D eigenvalue weighted by atomic mass is 16.2. The Hall–Kier alpha value is -1.13. The summed E-state index contributed by atoms with van der Waals surface area (Å²) in [5.74, 6) is 0.242. The first-order chi connectivity index (χ1) is 10.6. The normalized spacial score (nSPS) is 19.0. The smallest absolute Gasteiger partial charge is 0.178 e. The predicted molar refractivity (Wildman–Crippen MR) is 89.4 cm³/mol. The van der Waals surface area contributed by atoms with Crippen LogP contribution in [0.5, 0.6) is 0 Å². The van der Waals surface area contributed by atoms with Crippen LogP contribution in [-0.4, -0.2) is 46.1 Å². The van der Waals surface area contributed by atoms with Crippen molar-refractivity contribution >= 4 is 5.78 Å². The average molecular weight is 306 g/mol. The van der Waals surface area contributed by atoms with Crippen molar-refractivity contribution in [2.24, 2.45) is 0 Å². The zero-order chi connectivity index (χ0) is 16.1. The summed E-state index contributed by atoms with van der Waals surface area (Å²) in [4.78, 5) is 15.0. The fraction of sp³-hybridized carbons (Fsp3) is 0.722. The van der Waals surface area contributed by atoms with Gasteiger partial charge in [-0.05, 0) is 58.6 Å². The highest BCUT2D eigenvalue weighted by Crippen LogP contribution is 2.23. The first kappa shape index (κ1) is 17.2. The van der Waals surface area contributed by atoms with Crippen LogP contribution in [0.3, 0.4) is 0 Å². The highest BCUT2D eigenvalue weighted by molar-refractivity contribution is 5.99. The van der Waals surface area contributed by atoms with E-state index in [4.69, 9.17) is 5.11 Å². The molecule has 1 N–H and O–H groups in total. The molecule has 1 aromatic heterocycles. The van der Waals surface area contributed by atoms with E-state index < -0.39 is 0 Å². The Kier molecular flexibility index (Phi) is 6.21. The molecule has 0 aromatic carbocycles. The number of aliphatic hydroxyl groups excluding tert-OH is 1. The van der Waals surface area contributed by atoms with Gasteiger partial charge in [-0.15, -0.1) is 0 Å². The van der Waals surface area contributed by atoms with Crippen LogP contribution in [0.25, 0.3) is 0 Å². The third-order valence-corrected chi connectivity index (χ3v) is 4.86. The van der Waals surface area contributed by atoms with Crippen molar-refractivity contribution in [1.29, 1.82) is 0 Å². The van der Waals surface area contributed by atoms with Crippen molar-refractivity contribution in [2.75, 3.05) is 19.7 Å². The lowest BCUT2D eigenvalue weighted by molar-refractivity contribution is 0.0915. The molecule has 4 heteroatoms. The van der Waals surface area contributed by atoms with Gasteiger partial charge in [-0.2, -0.15) is 0 Å². The molecule has 124 valence electrons. The van der Waals surface area contributed by atoms with E-state index in [0.717, 1.165) is 56.5 Å². The van der Waals surface area contributed by atoms with Crippen LogP contribution in [0.1, 0.15) is 60.8 Å². The third-order valence-electron chi connectivity index (χ3n) is 4.86. The molecule has 1 saturated heterocycles. The summed E-state index contributed by atoms with van der Waals surface area (Å²) in [6.45, 7) is 9.06. The van der Waals surface area contributed by atoms with Gasteiger partial charge in [0.25, 0.3) is 0 Å². The van der Waals surface area contributed by atoms with Gasteiger partial charge >= 0.3 is 0 Å². The fourth-order valence-corrected chi connectivity index (χ4v) is 3.68. The summed E-state index contributed by atoms with van der Waals surface area (Å²) in [5, 5.41) is 9.00. The van der Waals surface area contributed by atoms with Gasteiger partial charge in [-0.1, -0.05) is 6.92 Å². The topological polar surface area (TPSA) is 45.5 Å². The summed E-state index contributed by atoms with van der Waals surface area (Å²) in [5.41, 5.74) is 3.18. The number of likely N-dealkylation sites (tertiary alicyclic amines) is 1. The number of aliphatic hydroxyl groups is 1. The van der Waals surface area contributed by atoms with Crippen molar-refractivity contribution in [1.82, 2.24) is 9.47 Å². The number of ketones is 1. The summed E-state index contributed by atoms with van der Waals surface area (Å²) >= 11 is 0. The minimum atomic E-state index is 0.242. The third kappa shape index (κ3) is 3.79. The summed E-state index contributed by atoms with van der Waals surface area (Å²) < 4.78 is 2.25. The zero-order valence-corrected chi connectivity index (χ0v) is 14.3. The van der Waals surface area contributed by atoms with E-state index in [2.05, 4.69) is 30.2 Å². The number of Topliss-reactive ketones (excluding diaryl/α,β-unsaturated/α-hetero) is 1. The number of hydrogen-bond donors (Lipinski definition) is 1. The van der Waals surface area contributed by atoms with Crippen LogP contribution < -0.4 is 0 Å². The largest absolute Gasteiger partial charge is 0.396 e. The molecule has 1 aliphatic heterocycles. The maximum absolute atomic E-state index is 12.7. The van der Waals surface area contributed by atoms with Gasteiger partial charge in [-0.3, -0.25) is 9.69 Å². The van der Waals surface area contributed by atoms with Crippen LogP contribution in [0.15, 0.2) is 6.07 Å². The Balaban J connectivity index is 2.04. The molecule has 2 heterocycles. The van der Waals surface area contributed by atoms with Crippen molar-refractivity contribution in [3.63, 3.8) is 0 Å². The molecule has 0 aliphatic carbocycles. The van der Waals surface area contributed by atoms with Crippen molar-refractivity contribution < 1.29 is 9.90 Å². The maximum atomic E-state index is 12.7. The first-order valence-corrected chi connectivity index (χ1v) is 8.63. The van der Waals surface area contributed by atoms with Crippen LogP contribution in [-0.2, 0) is 6.54 Å². The second-order valence-electron chi connectivity index (χ2n) is 6.49. The molecule has 1 fully saturated rings. The maximum Gasteiger partial charge on any atom is 0.178 e. The Morgan fingerprint density at radius 2 is 2.18 bits per heavy atom. The Morgan fingerprint density at radius 1 is 1.41 bits per heavy atom. The molecule has 0 radical (unpaired) electrons. The second kappa shape index (κ2) is 7.93. The number of aromatic nitrogens is 1. The molecule has 0 amide bonds. The lowest BCUT2D eigenvalue weighted by Crippen LogP contribution is -2.34. The summed E-state index contributed by atoms with van der Waals surface area (Å²) in [6, 6.07) is 2.52. The van der Waals surface area contributed by atoms with E-state index in [1.807, 2.05) is 6.07 Å². The van der Waals surface area contributed by atoms with Crippen LogP contribution in [0.2, 0.25) is 0 Å². The van der Waals surface area contributed by atoms with Crippen LogP contribution >= 0.6 is 0 Å². The van der Waals surface area contributed by atoms with Gasteiger partial charge in [0.2, 0.25) is 0 Å². The number of nitrogens with zero attached hydrogens (tertiary/aromatic N) is 2. The van der Waals surface area contributed by atoms with E-state index in [1.165, 1.54) is 5.69 Å². The number of hydrogen-bond acceptors (Lipinski definition) is 3. The minimum Gasteiger partial charge on any atom is -0.396 e. The number of aryl methyl sites for hydroxylation is 1. The molecule has 1 aromatic rings. The van der Waals surface area contributed by atoms with E-state index >= 15 is 0 Å². The van der Waals surface area contributed by atoms with E-state index in [-0.39, 0.29) is 12.4 Å². The van der Waals surface area contributed by atoms with Gasteiger partial charge < -0.3 is 9.67 Å². The average Bonchev–Trinajstić information content (AvgIpc) is 3.04. The standard InChI is InChI=1S/C18H30N2O2/c1-4-9-20-14(2)12-17(15(20)3)18(22)13-19-10-5-7-16(19)8-6-11-21/h12,16,21H,4-11,13H2,1-3H3. The SMILES string of the molecule is CCCn1c(C)cc(C(=O)CN2CCCC2CCCO)c1C. The van der Waals surface area contributed by atoms with Gasteiger partial charge in [0.1, 0.15) is 0 Å². The molecule has 1 unspecified atom stereocenters. The molecule has 22 heavy (non-hydrogen) atoms. The van der Waals surface area contributed by atoms with E-state index in [9.17, 15) is 4.79 Å². The molecule has 1 atom stereocenters. The zero-order valence-electron chi connectivity index (χ0n) is 14.3. The van der Waals surface area contributed by atoms with Crippen molar-refractivity contribution in [3.05, 3.63) is 23.0 Å². The highest BCUT2D eigenvalue weighted by Gasteiger charge is 2.27. The number of carbonyl (C=O) groups is 1. The minimum absolute atomic E-state index is 0.242. The lowest BCUT2D eigenvalue weighted by atomic mass is 10.1. The quantitative estimate of drug-likeness (QED) is 0.751. The molecule has 1 aliphatic rings. The van der Waals surface area contributed by atoms with Crippen molar-refractivity contribution in [3.8, 4) is 0 Å². The number of carbonyl (C=O) groups excluding carboxylic acids is 1. The Morgan fingerprint density at radius 3 is 2.86 bits per heavy atom. The first-order valence-electron chi connectivity index (χ1n) is 8.63. The van der Waals surface area contributed by atoms with Crippen LogP contribution in [0.4, 0.5) is 0 Å². The Bertz CT molecular complexity index is 507. The monoisotopic (exact) mass is 306 g/mol. The molecule has 4 nitrogen and oxygen atoms in total. The van der Waals surface area contributed by atoms with Crippen LogP contribution in [0, 0.1) is 13.8 Å². The Labute approximate surface area is 134 Å². The van der Waals surface area contributed by atoms with Crippen molar-refractivity contribution in [2.45, 2.75) is 65.5 Å². The van der Waals surface area contributed by atoms with Gasteiger partial charge in [0, 0.05) is 36.1 Å². The van der Waals surface area contributed by atoms with E-state index in [1.54, 1.807) is 0 Å². The predicted octanol–water partition coefficient (Wildman–Crippen LogP) is 2.93. The molecular formula is C18H30N2O2. The molecule has 0 spiro atoms. The van der Waals surface area contributed by atoms with Gasteiger partial charge in [-0.25, -0.2) is 0 Å². The number of rotatable bonds is 8. The molecule has 2 rings (SSSR count). The van der Waals surface area contributed by atoms with E-state index in [0.29, 0.717) is 12.6 Å². The molecular weight excluding hydrogens is 276 g/mol. The lowest BCUT2D eigenvalue weighted by Gasteiger charge is -2.23. The second-order valence-corrected chi connectivity index (χ2v) is 6.49. The van der Waals surface area contributed by atoms with Gasteiger partial charge in [0.05, 0.1) is 6.54 Å². The molecule has 0 bridgehead atoms. The van der Waals surface area contributed by atoms with Gasteiger partial charge in [0.15, 0.2) is 5.78 Å². The fourth-order valence-electron chi connectivity index (χ4n) is 3.68.